The maximum absolute atomic E-state index is 13.0. The van der Waals surface area contributed by atoms with Gasteiger partial charge in [0.25, 0.3) is 0 Å². The maximum Gasteiger partial charge on any atom is 0.238 e. The van der Waals surface area contributed by atoms with Crippen molar-refractivity contribution in [3.8, 4) is 0 Å². The minimum absolute atomic E-state index is 0.107. The van der Waals surface area contributed by atoms with E-state index in [0.717, 1.165) is 13.1 Å². The second-order valence-corrected chi connectivity index (χ2v) is 4.95. The highest BCUT2D eigenvalue weighted by atomic mass is 19.1. The molecule has 0 bridgehead atoms. The van der Waals surface area contributed by atoms with Crippen LogP contribution in [-0.4, -0.2) is 56.7 Å². The van der Waals surface area contributed by atoms with E-state index in [2.05, 4.69) is 10.6 Å². The zero-order valence-corrected chi connectivity index (χ0v) is 11.6. The van der Waals surface area contributed by atoms with Crippen LogP contribution in [-0.2, 0) is 9.53 Å². The first-order valence-electron chi connectivity index (χ1n) is 6.70. The van der Waals surface area contributed by atoms with Crippen LogP contribution in [0.2, 0.25) is 0 Å². The molecule has 2 rings (SSSR count). The summed E-state index contributed by atoms with van der Waals surface area (Å²) in [5.74, 6) is -0.528. The quantitative estimate of drug-likeness (QED) is 0.833. The van der Waals surface area contributed by atoms with Gasteiger partial charge in [0.05, 0.1) is 19.3 Å². The molecule has 1 aliphatic heterocycles. The zero-order valence-electron chi connectivity index (χ0n) is 11.6. The van der Waals surface area contributed by atoms with E-state index in [4.69, 9.17) is 4.74 Å². The lowest BCUT2D eigenvalue weighted by molar-refractivity contribution is -0.117. The monoisotopic (exact) mass is 281 g/mol. The molecule has 5 nitrogen and oxygen atoms in total. The molecule has 1 atom stereocenters. The Bertz CT molecular complexity index is 450. The first kappa shape index (κ1) is 14.9. The van der Waals surface area contributed by atoms with Gasteiger partial charge in [-0.25, -0.2) is 4.39 Å². The third-order valence-corrected chi connectivity index (χ3v) is 3.04. The number of halogens is 1. The number of ether oxygens (including phenoxy) is 1. The number of hydrogen-bond acceptors (Lipinski definition) is 4. The third kappa shape index (κ3) is 4.88. The second-order valence-electron chi connectivity index (χ2n) is 4.95. The van der Waals surface area contributed by atoms with Gasteiger partial charge in [-0.05, 0) is 25.2 Å². The van der Waals surface area contributed by atoms with Crippen LogP contribution in [0.5, 0.6) is 0 Å². The van der Waals surface area contributed by atoms with Crippen molar-refractivity contribution in [2.24, 2.45) is 0 Å². The predicted octanol–water partition coefficient (Wildman–Crippen LogP) is 0.684. The van der Waals surface area contributed by atoms with Gasteiger partial charge in [-0.2, -0.15) is 0 Å². The van der Waals surface area contributed by atoms with Crippen molar-refractivity contribution < 1.29 is 13.9 Å². The molecule has 0 saturated carbocycles. The van der Waals surface area contributed by atoms with Gasteiger partial charge in [-0.1, -0.05) is 6.07 Å². The molecule has 1 unspecified atom stereocenters. The molecule has 0 aromatic heterocycles. The first-order valence-corrected chi connectivity index (χ1v) is 6.70. The minimum Gasteiger partial charge on any atom is -0.374 e. The van der Waals surface area contributed by atoms with Gasteiger partial charge in [0, 0.05) is 25.3 Å². The number of nitrogens with zero attached hydrogens (tertiary/aromatic N) is 1. The molecule has 0 aliphatic carbocycles. The van der Waals surface area contributed by atoms with Gasteiger partial charge < -0.3 is 15.4 Å². The number of hydrogen-bond donors (Lipinski definition) is 2. The summed E-state index contributed by atoms with van der Waals surface area (Å²) in [6, 6.07) is 5.87. The second kappa shape index (κ2) is 7.33. The molecule has 1 aromatic rings. The zero-order chi connectivity index (χ0) is 14.4. The molecule has 110 valence electrons. The highest BCUT2D eigenvalue weighted by molar-refractivity contribution is 5.92. The molecule has 0 spiro atoms. The normalized spacial score (nSPS) is 19.1. The molecule has 6 heteroatoms. The van der Waals surface area contributed by atoms with Crippen LogP contribution in [0.4, 0.5) is 10.1 Å². The molecular formula is C14H20FN3O2. The highest BCUT2D eigenvalue weighted by Crippen LogP contribution is 2.09. The summed E-state index contributed by atoms with van der Waals surface area (Å²) in [5.41, 5.74) is 0.471. The fourth-order valence-electron chi connectivity index (χ4n) is 2.16. The van der Waals surface area contributed by atoms with Crippen LogP contribution < -0.4 is 10.6 Å². The van der Waals surface area contributed by atoms with Gasteiger partial charge in [0.2, 0.25) is 5.91 Å². The van der Waals surface area contributed by atoms with Crippen LogP contribution in [0, 0.1) is 5.82 Å². The summed E-state index contributed by atoms with van der Waals surface area (Å²) in [7, 11) is 1.86. The summed E-state index contributed by atoms with van der Waals surface area (Å²) < 4.78 is 18.6. The Morgan fingerprint density at radius 3 is 3.15 bits per heavy atom. The van der Waals surface area contributed by atoms with Crippen molar-refractivity contribution in [1.29, 1.82) is 0 Å². The van der Waals surface area contributed by atoms with E-state index < -0.39 is 0 Å². The summed E-state index contributed by atoms with van der Waals surface area (Å²) in [5, 5.41) is 5.92. The number of rotatable bonds is 5. The van der Waals surface area contributed by atoms with E-state index in [1.165, 1.54) is 12.1 Å². The third-order valence-electron chi connectivity index (χ3n) is 3.04. The molecule has 1 aromatic carbocycles. The van der Waals surface area contributed by atoms with Crippen LogP contribution in [0.3, 0.4) is 0 Å². The number of morpholine rings is 1. The van der Waals surface area contributed by atoms with Crippen LogP contribution in [0.25, 0.3) is 0 Å². The molecule has 1 aliphatic rings. The molecular weight excluding hydrogens is 261 g/mol. The fourth-order valence-corrected chi connectivity index (χ4v) is 2.16. The Balaban J connectivity index is 1.75. The SMILES string of the molecule is CN(CC(=O)Nc1cccc(F)c1)CC1CNCCO1. The Morgan fingerprint density at radius 1 is 1.60 bits per heavy atom. The molecule has 1 amide bonds. The lowest BCUT2D eigenvalue weighted by atomic mass is 10.3. The number of benzene rings is 1. The summed E-state index contributed by atoms with van der Waals surface area (Å²) >= 11 is 0. The van der Waals surface area contributed by atoms with Crippen LogP contribution >= 0.6 is 0 Å². The highest BCUT2D eigenvalue weighted by Gasteiger charge is 2.16. The number of carbonyl (C=O) groups is 1. The van der Waals surface area contributed by atoms with Gasteiger partial charge >= 0.3 is 0 Å². The van der Waals surface area contributed by atoms with Crippen molar-refractivity contribution >= 4 is 11.6 Å². The minimum atomic E-state index is -0.363. The van der Waals surface area contributed by atoms with E-state index in [1.807, 2.05) is 11.9 Å². The van der Waals surface area contributed by atoms with E-state index in [0.29, 0.717) is 18.8 Å². The standard InChI is InChI=1S/C14H20FN3O2/c1-18(9-13-8-16-5-6-20-13)10-14(19)17-12-4-2-3-11(15)7-12/h2-4,7,13,16H,5-6,8-10H2,1H3,(H,17,19). The molecule has 0 radical (unpaired) electrons. The Kier molecular flexibility index (Phi) is 5.46. The van der Waals surface area contributed by atoms with Crippen molar-refractivity contribution in [1.82, 2.24) is 10.2 Å². The average Bonchev–Trinajstić information content (AvgIpc) is 2.39. The van der Waals surface area contributed by atoms with Crippen LogP contribution in [0.1, 0.15) is 0 Å². The molecule has 1 fully saturated rings. The van der Waals surface area contributed by atoms with Crippen LogP contribution in [0.15, 0.2) is 24.3 Å². The number of likely N-dealkylation sites (N-methyl/N-ethyl adjacent to an activating group) is 1. The lowest BCUT2D eigenvalue weighted by Gasteiger charge is -2.27. The predicted molar refractivity (Wildman–Crippen MR) is 75.1 cm³/mol. The summed E-state index contributed by atoms with van der Waals surface area (Å²) in [6.45, 7) is 3.31. The van der Waals surface area contributed by atoms with E-state index in [-0.39, 0.29) is 24.4 Å². The Morgan fingerprint density at radius 2 is 2.45 bits per heavy atom. The van der Waals surface area contributed by atoms with Crippen molar-refractivity contribution in [2.45, 2.75) is 6.10 Å². The molecule has 1 saturated heterocycles. The van der Waals surface area contributed by atoms with Crippen molar-refractivity contribution in [2.75, 3.05) is 45.2 Å². The number of amides is 1. The van der Waals surface area contributed by atoms with E-state index in [9.17, 15) is 9.18 Å². The van der Waals surface area contributed by atoms with E-state index in [1.54, 1.807) is 12.1 Å². The lowest BCUT2D eigenvalue weighted by Crippen LogP contribution is -2.45. The summed E-state index contributed by atoms with van der Waals surface area (Å²) in [4.78, 5) is 13.7. The molecule has 20 heavy (non-hydrogen) atoms. The Labute approximate surface area is 118 Å². The topological polar surface area (TPSA) is 53.6 Å². The van der Waals surface area contributed by atoms with Crippen molar-refractivity contribution in [3.63, 3.8) is 0 Å². The number of anilines is 1. The Hall–Kier alpha value is -1.50. The number of carbonyl (C=O) groups excluding carboxylic acids is 1. The van der Waals surface area contributed by atoms with Gasteiger partial charge in [-0.15, -0.1) is 0 Å². The molecule has 1 heterocycles. The van der Waals surface area contributed by atoms with Crippen molar-refractivity contribution in [3.05, 3.63) is 30.1 Å². The largest absolute Gasteiger partial charge is 0.374 e. The van der Waals surface area contributed by atoms with Gasteiger partial charge in [0.15, 0.2) is 0 Å². The first-order chi connectivity index (χ1) is 9.63. The molecule has 2 N–H and O–H groups in total. The van der Waals surface area contributed by atoms with Gasteiger partial charge in [0.1, 0.15) is 5.82 Å². The van der Waals surface area contributed by atoms with Gasteiger partial charge in [-0.3, -0.25) is 9.69 Å². The maximum atomic E-state index is 13.0. The average molecular weight is 281 g/mol. The van der Waals surface area contributed by atoms with E-state index >= 15 is 0 Å². The summed E-state index contributed by atoms with van der Waals surface area (Å²) in [6.07, 6.45) is 0.107. The smallest absolute Gasteiger partial charge is 0.238 e. The fraction of sp³-hybridized carbons (Fsp3) is 0.500. The number of nitrogens with one attached hydrogen (secondary N) is 2.